The van der Waals surface area contributed by atoms with Crippen LogP contribution in [0.3, 0.4) is 0 Å². The molecule has 2 atom stereocenters. The summed E-state index contributed by atoms with van der Waals surface area (Å²) in [6.45, 7) is 4.66. The monoisotopic (exact) mass is 335 g/mol. The number of ether oxygens (including phenoxy) is 2. The molecule has 0 aromatic heterocycles. The summed E-state index contributed by atoms with van der Waals surface area (Å²) in [5.74, 6) is 0. The third kappa shape index (κ3) is 6.39. The maximum absolute atomic E-state index is 12.7. The van der Waals surface area contributed by atoms with Gasteiger partial charge in [0.1, 0.15) is 11.3 Å². The molecule has 118 valence electrons. The second-order valence-electron chi connectivity index (χ2n) is 6.63. The summed E-state index contributed by atoms with van der Waals surface area (Å²) in [5, 5.41) is 0. The first-order valence-electron chi connectivity index (χ1n) is 6.64. The smallest absolute Gasteiger partial charge is 0.449 e. The fourth-order valence-corrected chi connectivity index (χ4v) is 2.44. The molecule has 4 nitrogen and oxygen atoms in total. The number of carbonyl (C=O) groups excluding carboxylic acids is 1. The van der Waals surface area contributed by atoms with Crippen LogP contribution in [0, 0.1) is 0 Å². The Balaban J connectivity index is 0.00000400. The Hall–Kier alpha value is 0.721. The molecule has 1 heterocycles. The summed E-state index contributed by atoms with van der Waals surface area (Å²) in [4.78, 5) is 13.2. The van der Waals surface area contributed by atoms with Gasteiger partial charge in [-0.3, -0.25) is 4.90 Å². The summed E-state index contributed by atoms with van der Waals surface area (Å²) >= 11 is 0. The minimum Gasteiger partial charge on any atom is -0.449 e. The van der Waals surface area contributed by atoms with Crippen molar-refractivity contribution in [1.82, 2.24) is 4.90 Å². The third-order valence-corrected chi connectivity index (χ3v) is 3.03. The molecule has 1 aliphatic rings. The molecule has 1 amide bonds. The number of amides is 1. The molecule has 1 aliphatic heterocycles. The van der Waals surface area contributed by atoms with Crippen molar-refractivity contribution in [2.24, 2.45) is 0 Å². The van der Waals surface area contributed by atoms with E-state index < -0.39 is 42.9 Å². The fourth-order valence-electron chi connectivity index (χ4n) is 2.44. The van der Waals surface area contributed by atoms with Crippen LogP contribution < -0.4 is 51.4 Å². The van der Waals surface area contributed by atoms with E-state index in [0.717, 1.165) is 4.90 Å². The predicted molar refractivity (Wildman–Crippen MR) is 70.4 cm³/mol. The average Bonchev–Trinajstić information content (AvgIpc) is 2.29. The van der Waals surface area contributed by atoms with Crippen LogP contribution in [0.2, 0.25) is 6.32 Å². The first kappa shape index (κ1) is 21.7. The molecule has 2 unspecified atom stereocenters. The topological polar surface area (TPSA) is 38.8 Å². The predicted octanol–water partition coefficient (Wildman–Crippen LogP) is 0.598. The van der Waals surface area contributed by atoms with Gasteiger partial charge >= 0.3 is 64.5 Å². The quantitative estimate of drug-likeness (QED) is 0.694. The normalized spacial score (nSPS) is 25.5. The molecule has 21 heavy (non-hydrogen) atoms. The third-order valence-electron chi connectivity index (χ3n) is 3.03. The zero-order valence-electron chi connectivity index (χ0n) is 13.7. The molecule has 0 radical (unpaired) electrons. The van der Waals surface area contributed by atoms with Crippen molar-refractivity contribution in [2.75, 3.05) is 0 Å². The molecular formula is C12H22BF3KNO3. The van der Waals surface area contributed by atoms with Gasteiger partial charge in [-0.05, 0) is 41.5 Å². The molecule has 1 fully saturated rings. The molecule has 9 heteroatoms. The van der Waals surface area contributed by atoms with Crippen LogP contribution in [-0.4, -0.2) is 41.4 Å². The van der Waals surface area contributed by atoms with Crippen molar-refractivity contribution in [2.45, 2.75) is 71.3 Å². The van der Waals surface area contributed by atoms with Gasteiger partial charge in [0.05, 0.1) is 6.10 Å². The minimum atomic E-state index is -5.02. The van der Waals surface area contributed by atoms with Crippen LogP contribution in [0.1, 0.15) is 41.5 Å². The second kappa shape index (κ2) is 7.09. The maximum atomic E-state index is 12.7. The number of hydrogen-bond acceptors (Lipinski definition) is 3. The van der Waals surface area contributed by atoms with E-state index in [1.807, 2.05) is 0 Å². The second-order valence-corrected chi connectivity index (χ2v) is 6.63. The summed E-state index contributed by atoms with van der Waals surface area (Å²) in [7, 11) is 0. The van der Waals surface area contributed by atoms with Crippen LogP contribution in [-0.2, 0) is 9.47 Å². The Morgan fingerprint density at radius 2 is 1.81 bits per heavy atom. The van der Waals surface area contributed by atoms with Crippen LogP contribution in [0.5, 0.6) is 0 Å². The Labute approximate surface area is 166 Å². The van der Waals surface area contributed by atoms with Crippen molar-refractivity contribution in [1.29, 1.82) is 0 Å². The zero-order chi connectivity index (χ0) is 15.9. The molecule has 1 saturated heterocycles. The SMILES string of the molecule is CC1OC(C)(C)N(C(=O)OC(C)(C)C)C1C[B-](F)(F)F.[K+]. The number of rotatable bonds is 2. The van der Waals surface area contributed by atoms with Crippen molar-refractivity contribution in [3.05, 3.63) is 0 Å². The molecule has 1 rings (SSSR count). The Morgan fingerprint density at radius 3 is 2.19 bits per heavy atom. The van der Waals surface area contributed by atoms with Gasteiger partial charge in [-0.15, -0.1) is 0 Å². The van der Waals surface area contributed by atoms with E-state index in [2.05, 4.69) is 0 Å². The molecule has 0 aromatic rings. The minimum absolute atomic E-state index is 0. The van der Waals surface area contributed by atoms with E-state index in [1.54, 1.807) is 41.5 Å². The standard InChI is InChI=1S/C12H22BF3NO3.K/c1-8-9(7-13(14,15)16)17(12(5,6)19-8)10(18)20-11(2,3)4;/h8-9H,7H2,1-6H3;/q-1;+1. The Kier molecular flexibility index (Phi) is 7.33. The van der Waals surface area contributed by atoms with E-state index in [-0.39, 0.29) is 51.4 Å². The van der Waals surface area contributed by atoms with Crippen LogP contribution >= 0.6 is 0 Å². The van der Waals surface area contributed by atoms with Gasteiger partial charge in [-0.25, -0.2) is 4.79 Å². The van der Waals surface area contributed by atoms with Crippen molar-refractivity contribution in [3.63, 3.8) is 0 Å². The molecule has 0 N–H and O–H groups in total. The number of halogens is 3. The molecule has 0 saturated carbocycles. The number of carbonyl (C=O) groups is 1. The number of nitrogens with zero attached hydrogens (tertiary/aromatic N) is 1. The van der Waals surface area contributed by atoms with Crippen LogP contribution in [0.25, 0.3) is 0 Å². The van der Waals surface area contributed by atoms with Crippen molar-refractivity contribution in [3.8, 4) is 0 Å². The summed E-state index contributed by atoms with van der Waals surface area (Å²) < 4.78 is 48.9. The largest absolute Gasteiger partial charge is 1.00 e. The molecular weight excluding hydrogens is 313 g/mol. The van der Waals surface area contributed by atoms with E-state index in [1.165, 1.54) is 0 Å². The van der Waals surface area contributed by atoms with Crippen LogP contribution in [0.4, 0.5) is 17.7 Å². The van der Waals surface area contributed by atoms with Gasteiger partial charge in [0.15, 0.2) is 0 Å². The molecule has 0 aliphatic carbocycles. The summed E-state index contributed by atoms with van der Waals surface area (Å²) in [5.41, 5.74) is -1.89. The van der Waals surface area contributed by atoms with E-state index >= 15 is 0 Å². The van der Waals surface area contributed by atoms with Crippen molar-refractivity contribution < 1.29 is 78.6 Å². The van der Waals surface area contributed by atoms with Gasteiger partial charge in [0.2, 0.25) is 0 Å². The van der Waals surface area contributed by atoms with Crippen molar-refractivity contribution >= 4 is 13.1 Å². The van der Waals surface area contributed by atoms with E-state index in [4.69, 9.17) is 9.47 Å². The molecule has 0 aromatic carbocycles. The maximum Gasteiger partial charge on any atom is 1.00 e. The molecule has 0 bridgehead atoms. The Morgan fingerprint density at radius 1 is 1.33 bits per heavy atom. The van der Waals surface area contributed by atoms with E-state index in [0.29, 0.717) is 0 Å². The Bertz CT molecular complexity index is 385. The van der Waals surface area contributed by atoms with Gasteiger partial charge in [-0.1, -0.05) is 6.32 Å². The van der Waals surface area contributed by atoms with Gasteiger partial charge < -0.3 is 22.4 Å². The summed E-state index contributed by atoms with van der Waals surface area (Å²) in [6, 6.07) is -1.06. The van der Waals surface area contributed by atoms with Gasteiger partial charge in [-0.2, -0.15) is 0 Å². The van der Waals surface area contributed by atoms with Crippen LogP contribution in [0.15, 0.2) is 0 Å². The van der Waals surface area contributed by atoms with E-state index in [9.17, 15) is 17.7 Å². The van der Waals surface area contributed by atoms with Gasteiger partial charge in [0, 0.05) is 6.04 Å². The first-order chi connectivity index (χ1) is 8.73. The number of hydrogen-bond donors (Lipinski definition) is 0. The fraction of sp³-hybridized carbons (Fsp3) is 0.917. The zero-order valence-corrected chi connectivity index (χ0v) is 16.9. The molecule has 0 spiro atoms. The summed E-state index contributed by atoms with van der Waals surface area (Å²) in [6.07, 6.45) is -2.53. The first-order valence-corrected chi connectivity index (χ1v) is 6.64. The van der Waals surface area contributed by atoms with Gasteiger partial charge in [0.25, 0.3) is 0 Å². The average molecular weight is 335 g/mol.